The zero-order valence-electron chi connectivity index (χ0n) is 9.84. The van der Waals surface area contributed by atoms with Crippen LogP contribution in [0.1, 0.15) is 5.56 Å². The standard InChI is InChI=1S/C13H8Cl2F3NO/c14-10-5-8(19)6-11(15)12(10)20-9-3-1-7(2-4-9)13(16,17)18/h1-6H,19H2. The minimum Gasteiger partial charge on any atom is -0.454 e. The zero-order valence-corrected chi connectivity index (χ0v) is 11.4. The fourth-order valence-corrected chi connectivity index (χ4v) is 2.09. The molecule has 2 aromatic rings. The first-order valence-electron chi connectivity index (χ1n) is 5.37. The summed E-state index contributed by atoms with van der Waals surface area (Å²) >= 11 is 11.8. The Hall–Kier alpha value is -1.59. The molecule has 106 valence electrons. The molecule has 0 heterocycles. The van der Waals surface area contributed by atoms with Gasteiger partial charge in [-0.3, -0.25) is 0 Å². The Morgan fingerprint density at radius 1 is 0.950 bits per heavy atom. The van der Waals surface area contributed by atoms with Crippen LogP contribution in [0.15, 0.2) is 36.4 Å². The lowest BCUT2D eigenvalue weighted by atomic mass is 10.2. The molecular formula is C13H8Cl2F3NO. The van der Waals surface area contributed by atoms with Crippen molar-refractivity contribution in [3.8, 4) is 11.5 Å². The minimum atomic E-state index is -4.39. The lowest BCUT2D eigenvalue weighted by Gasteiger charge is -2.11. The SMILES string of the molecule is Nc1cc(Cl)c(Oc2ccc(C(F)(F)F)cc2)c(Cl)c1. The third kappa shape index (κ3) is 3.29. The van der Waals surface area contributed by atoms with Crippen molar-refractivity contribution in [2.75, 3.05) is 5.73 Å². The van der Waals surface area contributed by atoms with E-state index in [4.69, 9.17) is 33.7 Å². The van der Waals surface area contributed by atoms with Gasteiger partial charge >= 0.3 is 6.18 Å². The average Bonchev–Trinajstić information content (AvgIpc) is 2.33. The monoisotopic (exact) mass is 321 g/mol. The summed E-state index contributed by atoms with van der Waals surface area (Å²) in [5.41, 5.74) is 5.14. The Morgan fingerprint density at radius 2 is 1.45 bits per heavy atom. The van der Waals surface area contributed by atoms with Gasteiger partial charge < -0.3 is 10.5 Å². The highest BCUT2D eigenvalue weighted by molar-refractivity contribution is 6.37. The number of nitrogens with two attached hydrogens (primary N) is 1. The first-order chi connectivity index (χ1) is 9.27. The lowest BCUT2D eigenvalue weighted by molar-refractivity contribution is -0.137. The van der Waals surface area contributed by atoms with E-state index in [0.717, 1.165) is 12.1 Å². The molecule has 0 radical (unpaired) electrons. The van der Waals surface area contributed by atoms with E-state index in [1.807, 2.05) is 0 Å². The number of halogens is 5. The summed E-state index contributed by atoms with van der Waals surface area (Å²) in [5, 5.41) is 0.352. The largest absolute Gasteiger partial charge is 0.454 e. The lowest BCUT2D eigenvalue weighted by Crippen LogP contribution is -2.04. The normalized spacial score (nSPS) is 11.4. The van der Waals surface area contributed by atoms with Gasteiger partial charge in [0.1, 0.15) is 5.75 Å². The summed E-state index contributed by atoms with van der Waals surface area (Å²) in [6, 6.07) is 7.07. The van der Waals surface area contributed by atoms with Crippen LogP contribution in [0, 0.1) is 0 Å². The second-order valence-electron chi connectivity index (χ2n) is 3.94. The van der Waals surface area contributed by atoms with E-state index in [2.05, 4.69) is 0 Å². The maximum Gasteiger partial charge on any atom is 0.416 e. The highest BCUT2D eigenvalue weighted by atomic mass is 35.5. The summed E-state index contributed by atoms with van der Waals surface area (Å²) < 4.78 is 42.6. The van der Waals surface area contributed by atoms with Gasteiger partial charge in [-0.1, -0.05) is 23.2 Å². The number of benzene rings is 2. The molecule has 0 aliphatic rings. The van der Waals surface area contributed by atoms with Crippen molar-refractivity contribution in [3.05, 3.63) is 52.0 Å². The quantitative estimate of drug-likeness (QED) is 0.753. The van der Waals surface area contributed by atoms with Gasteiger partial charge in [-0.25, -0.2) is 0 Å². The van der Waals surface area contributed by atoms with Crippen LogP contribution in [0.3, 0.4) is 0 Å². The highest BCUT2D eigenvalue weighted by Crippen LogP contribution is 2.38. The third-order valence-electron chi connectivity index (χ3n) is 2.42. The molecule has 0 aliphatic carbocycles. The van der Waals surface area contributed by atoms with Crippen molar-refractivity contribution in [1.82, 2.24) is 0 Å². The van der Waals surface area contributed by atoms with Crippen molar-refractivity contribution in [2.45, 2.75) is 6.18 Å². The van der Waals surface area contributed by atoms with Gasteiger partial charge in [-0.2, -0.15) is 13.2 Å². The average molecular weight is 322 g/mol. The number of ether oxygens (including phenoxy) is 1. The van der Waals surface area contributed by atoms with Crippen molar-refractivity contribution in [1.29, 1.82) is 0 Å². The van der Waals surface area contributed by atoms with Crippen LogP contribution in [-0.2, 0) is 6.18 Å². The zero-order chi connectivity index (χ0) is 14.9. The smallest absolute Gasteiger partial charge is 0.416 e. The van der Waals surface area contributed by atoms with Gasteiger partial charge in [-0.05, 0) is 36.4 Å². The molecule has 2 rings (SSSR count). The van der Waals surface area contributed by atoms with E-state index in [1.165, 1.54) is 24.3 Å². The van der Waals surface area contributed by atoms with E-state index in [1.54, 1.807) is 0 Å². The Kier molecular flexibility index (Phi) is 4.01. The second-order valence-corrected chi connectivity index (χ2v) is 4.75. The van der Waals surface area contributed by atoms with Gasteiger partial charge in [0.25, 0.3) is 0 Å². The van der Waals surface area contributed by atoms with Crippen molar-refractivity contribution in [2.24, 2.45) is 0 Å². The van der Waals surface area contributed by atoms with E-state index >= 15 is 0 Å². The molecule has 2 nitrogen and oxygen atoms in total. The molecule has 0 spiro atoms. The van der Waals surface area contributed by atoms with E-state index in [0.29, 0.717) is 5.69 Å². The van der Waals surface area contributed by atoms with E-state index in [-0.39, 0.29) is 21.5 Å². The van der Waals surface area contributed by atoms with Crippen LogP contribution in [0.5, 0.6) is 11.5 Å². The molecule has 0 aliphatic heterocycles. The Bertz CT molecular complexity index is 603. The van der Waals surface area contributed by atoms with Crippen molar-refractivity contribution in [3.63, 3.8) is 0 Å². The maximum atomic E-state index is 12.4. The summed E-state index contributed by atoms with van der Waals surface area (Å²) in [4.78, 5) is 0. The first-order valence-corrected chi connectivity index (χ1v) is 6.12. The molecule has 2 aromatic carbocycles. The van der Waals surface area contributed by atoms with Crippen LogP contribution in [0.2, 0.25) is 10.0 Å². The Balaban J connectivity index is 2.27. The fraction of sp³-hybridized carbons (Fsp3) is 0.0769. The number of hydrogen-bond acceptors (Lipinski definition) is 2. The van der Waals surface area contributed by atoms with Gasteiger partial charge in [0.05, 0.1) is 15.6 Å². The molecule has 0 saturated heterocycles. The molecule has 0 atom stereocenters. The third-order valence-corrected chi connectivity index (χ3v) is 2.98. The molecule has 0 amide bonds. The van der Waals surface area contributed by atoms with Gasteiger partial charge in [0.15, 0.2) is 5.75 Å². The summed E-state index contributed by atoms with van der Waals surface area (Å²) in [6.45, 7) is 0. The maximum absolute atomic E-state index is 12.4. The number of anilines is 1. The summed E-state index contributed by atoms with van der Waals surface area (Å²) in [7, 11) is 0. The van der Waals surface area contributed by atoms with Crippen LogP contribution in [0.4, 0.5) is 18.9 Å². The Labute approximate surface area is 122 Å². The molecule has 20 heavy (non-hydrogen) atoms. The molecular weight excluding hydrogens is 314 g/mol. The molecule has 0 bridgehead atoms. The Morgan fingerprint density at radius 3 is 1.90 bits per heavy atom. The molecule has 0 unspecified atom stereocenters. The molecule has 7 heteroatoms. The van der Waals surface area contributed by atoms with Crippen molar-refractivity contribution < 1.29 is 17.9 Å². The van der Waals surface area contributed by atoms with Crippen LogP contribution < -0.4 is 10.5 Å². The fourth-order valence-electron chi connectivity index (χ4n) is 1.51. The van der Waals surface area contributed by atoms with E-state index in [9.17, 15) is 13.2 Å². The van der Waals surface area contributed by atoms with Gasteiger partial charge in [0, 0.05) is 5.69 Å². The van der Waals surface area contributed by atoms with Gasteiger partial charge in [0.2, 0.25) is 0 Å². The topological polar surface area (TPSA) is 35.2 Å². The number of rotatable bonds is 2. The summed E-state index contributed by atoms with van der Waals surface area (Å²) in [6.07, 6.45) is -4.39. The predicted octanol–water partition coefficient (Wildman–Crippen LogP) is 5.39. The molecule has 0 saturated carbocycles. The van der Waals surface area contributed by atoms with E-state index < -0.39 is 11.7 Å². The highest BCUT2D eigenvalue weighted by Gasteiger charge is 2.30. The van der Waals surface area contributed by atoms with Crippen molar-refractivity contribution >= 4 is 28.9 Å². The molecule has 0 aromatic heterocycles. The second kappa shape index (κ2) is 5.42. The molecule has 0 fully saturated rings. The van der Waals surface area contributed by atoms with Crippen LogP contribution in [0.25, 0.3) is 0 Å². The number of hydrogen-bond donors (Lipinski definition) is 1. The molecule has 2 N–H and O–H groups in total. The number of alkyl halides is 3. The van der Waals surface area contributed by atoms with Crippen LogP contribution in [-0.4, -0.2) is 0 Å². The van der Waals surface area contributed by atoms with Gasteiger partial charge in [-0.15, -0.1) is 0 Å². The number of nitrogen functional groups attached to an aromatic ring is 1. The van der Waals surface area contributed by atoms with Crippen LogP contribution >= 0.6 is 23.2 Å². The summed E-state index contributed by atoms with van der Waals surface area (Å²) in [5.74, 6) is 0.328. The predicted molar refractivity (Wildman–Crippen MR) is 72.4 cm³/mol. The minimum absolute atomic E-state index is 0.141. The first kappa shape index (κ1) is 14.8.